The van der Waals surface area contributed by atoms with Gasteiger partial charge >= 0.3 is 0 Å². The zero-order valence-corrected chi connectivity index (χ0v) is 20.6. The molecule has 4 aliphatic rings. The highest BCUT2D eigenvalue weighted by Crippen LogP contribution is 2.38. The molecule has 4 unspecified atom stereocenters. The van der Waals surface area contributed by atoms with E-state index in [4.69, 9.17) is 26.7 Å². The van der Waals surface area contributed by atoms with Gasteiger partial charge in [0, 0.05) is 30.4 Å². The van der Waals surface area contributed by atoms with E-state index in [1.54, 1.807) is 0 Å². The lowest BCUT2D eigenvalue weighted by molar-refractivity contribution is -0.0917. The highest BCUT2D eigenvalue weighted by molar-refractivity contribution is 5.58. The van der Waals surface area contributed by atoms with Gasteiger partial charge in [-0.1, -0.05) is 32.6 Å². The van der Waals surface area contributed by atoms with Gasteiger partial charge in [-0.3, -0.25) is 16.4 Å². The number of benzene rings is 1. The molecule has 6 N–H and O–H groups in total. The summed E-state index contributed by atoms with van der Waals surface area (Å²) in [5.41, 5.74) is 21.9. The van der Waals surface area contributed by atoms with Crippen LogP contribution in [0.25, 0.3) is 0 Å². The average molecular weight is 474 g/mol. The summed E-state index contributed by atoms with van der Waals surface area (Å²) in [7, 11) is 0. The molecule has 0 aromatic heterocycles. The van der Waals surface area contributed by atoms with E-state index >= 15 is 0 Å². The Morgan fingerprint density at radius 1 is 0.853 bits per heavy atom. The number of nitrogens with two attached hydrogens (primary N) is 3. The smallest absolute Gasteiger partial charge is 0.163 e. The quantitative estimate of drug-likeness (QED) is 0.552. The molecule has 3 heterocycles. The van der Waals surface area contributed by atoms with E-state index in [-0.39, 0.29) is 6.29 Å². The van der Waals surface area contributed by atoms with Gasteiger partial charge in [-0.2, -0.15) is 0 Å². The van der Waals surface area contributed by atoms with Crippen molar-refractivity contribution < 1.29 is 9.47 Å². The molecule has 0 spiro atoms. The van der Waals surface area contributed by atoms with Gasteiger partial charge in [0.2, 0.25) is 0 Å². The predicted molar refractivity (Wildman–Crippen MR) is 134 cm³/mol. The SMILES string of the molecule is CCN1CCCC1CN1C(N)N(c2ccc3c(c2)OCCO3)C(N)N(C2CCCCCC2)C1N. The topological polar surface area (TPSA) is 109 Å². The maximum atomic E-state index is 7.00. The van der Waals surface area contributed by atoms with Crippen LogP contribution in [0.4, 0.5) is 5.69 Å². The van der Waals surface area contributed by atoms with E-state index < -0.39 is 12.6 Å². The van der Waals surface area contributed by atoms with E-state index in [1.165, 1.54) is 38.5 Å². The maximum absolute atomic E-state index is 7.00. The van der Waals surface area contributed by atoms with Gasteiger partial charge in [-0.05, 0) is 50.9 Å². The second kappa shape index (κ2) is 10.6. The lowest BCUT2D eigenvalue weighted by Crippen LogP contribution is -2.80. The standard InChI is InChI=1S/C25H43N7O2/c1-2-29-13-7-10-20(29)17-30-23(26)31(18-8-5-3-4-6-9-18)25(28)32(24(30)27)19-11-12-21-22(16-19)34-15-14-33-21/h11-12,16,18,20,23-25H,2-10,13-15,17,26-28H2,1H3. The Morgan fingerprint density at radius 2 is 1.59 bits per heavy atom. The van der Waals surface area contributed by atoms with E-state index in [0.29, 0.717) is 25.3 Å². The number of hydrogen-bond acceptors (Lipinski definition) is 9. The van der Waals surface area contributed by atoms with Crippen molar-refractivity contribution in [3.05, 3.63) is 18.2 Å². The third kappa shape index (κ3) is 4.62. The first-order chi connectivity index (χ1) is 16.6. The van der Waals surface area contributed by atoms with Gasteiger partial charge in [0.1, 0.15) is 32.1 Å². The van der Waals surface area contributed by atoms with Crippen molar-refractivity contribution in [2.75, 3.05) is 37.7 Å². The summed E-state index contributed by atoms with van der Waals surface area (Å²) in [6, 6.07) is 6.85. The van der Waals surface area contributed by atoms with Crippen LogP contribution in [0.2, 0.25) is 0 Å². The summed E-state index contributed by atoms with van der Waals surface area (Å²) in [5.74, 6) is 1.52. The van der Waals surface area contributed by atoms with Crippen LogP contribution < -0.4 is 31.6 Å². The molecule has 2 saturated heterocycles. The number of hydrogen-bond donors (Lipinski definition) is 3. The van der Waals surface area contributed by atoms with Crippen LogP contribution >= 0.6 is 0 Å². The molecule has 3 aliphatic heterocycles. The van der Waals surface area contributed by atoms with E-state index in [0.717, 1.165) is 49.7 Å². The molecule has 0 radical (unpaired) electrons. The van der Waals surface area contributed by atoms with Crippen LogP contribution in [-0.2, 0) is 0 Å². The lowest BCUT2D eigenvalue weighted by atomic mass is 10.1. The highest BCUT2D eigenvalue weighted by atomic mass is 16.6. The van der Waals surface area contributed by atoms with E-state index in [9.17, 15) is 0 Å². The van der Waals surface area contributed by atoms with Crippen LogP contribution in [0.1, 0.15) is 58.3 Å². The maximum Gasteiger partial charge on any atom is 0.163 e. The van der Waals surface area contributed by atoms with Crippen molar-refractivity contribution in [1.29, 1.82) is 0 Å². The number of likely N-dealkylation sites (tertiary alicyclic amines) is 1. The minimum atomic E-state index is -0.422. The third-order valence-corrected chi connectivity index (χ3v) is 8.26. The molecule has 3 fully saturated rings. The van der Waals surface area contributed by atoms with Crippen LogP contribution in [-0.4, -0.2) is 78.5 Å². The van der Waals surface area contributed by atoms with Gasteiger partial charge in [-0.25, -0.2) is 9.80 Å². The highest BCUT2D eigenvalue weighted by Gasteiger charge is 2.46. The largest absolute Gasteiger partial charge is 0.486 e. The summed E-state index contributed by atoms with van der Waals surface area (Å²) in [6.07, 6.45) is 8.57. The first-order valence-corrected chi connectivity index (χ1v) is 13.3. The van der Waals surface area contributed by atoms with Gasteiger partial charge in [0.05, 0.1) is 0 Å². The molecule has 34 heavy (non-hydrogen) atoms. The Bertz CT molecular complexity index is 818. The first kappa shape index (κ1) is 24.1. The molecule has 0 amide bonds. The second-order valence-corrected chi connectivity index (χ2v) is 10.2. The van der Waals surface area contributed by atoms with Crippen LogP contribution in [0.5, 0.6) is 11.5 Å². The molecule has 9 heteroatoms. The van der Waals surface area contributed by atoms with E-state index in [2.05, 4.69) is 26.5 Å². The van der Waals surface area contributed by atoms with Gasteiger partial charge in [0.25, 0.3) is 0 Å². The fraction of sp³-hybridized carbons (Fsp3) is 0.760. The zero-order chi connectivity index (χ0) is 23.7. The van der Waals surface area contributed by atoms with Crippen LogP contribution in [0.3, 0.4) is 0 Å². The average Bonchev–Trinajstić information content (AvgIpc) is 3.14. The fourth-order valence-corrected chi connectivity index (χ4v) is 6.41. The van der Waals surface area contributed by atoms with Crippen molar-refractivity contribution in [2.45, 2.75) is 89.2 Å². The number of fused-ring (bicyclic) bond motifs is 1. The van der Waals surface area contributed by atoms with Crippen LogP contribution in [0.15, 0.2) is 18.2 Å². The summed E-state index contributed by atoms with van der Waals surface area (Å²) >= 11 is 0. The van der Waals surface area contributed by atoms with Crippen molar-refractivity contribution in [1.82, 2.24) is 14.7 Å². The Kier molecular flexibility index (Phi) is 7.48. The Hall–Kier alpha value is -1.62. The normalized spacial score (nSPS) is 32.2. The monoisotopic (exact) mass is 473 g/mol. The summed E-state index contributed by atoms with van der Waals surface area (Å²) < 4.78 is 11.6. The third-order valence-electron chi connectivity index (χ3n) is 8.26. The molecule has 1 aliphatic carbocycles. The molecular weight excluding hydrogens is 430 g/mol. The van der Waals surface area contributed by atoms with Gasteiger partial charge in [0.15, 0.2) is 11.5 Å². The molecule has 5 rings (SSSR count). The first-order valence-electron chi connectivity index (χ1n) is 13.3. The lowest BCUT2D eigenvalue weighted by Gasteiger charge is -2.57. The fourth-order valence-electron chi connectivity index (χ4n) is 6.41. The molecule has 1 aromatic carbocycles. The zero-order valence-electron chi connectivity index (χ0n) is 20.6. The van der Waals surface area contributed by atoms with Crippen molar-refractivity contribution in [3.63, 3.8) is 0 Å². The number of ether oxygens (including phenoxy) is 2. The van der Waals surface area contributed by atoms with Crippen molar-refractivity contribution >= 4 is 5.69 Å². The molecule has 4 atom stereocenters. The van der Waals surface area contributed by atoms with E-state index in [1.807, 2.05) is 18.2 Å². The minimum Gasteiger partial charge on any atom is -0.486 e. The van der Waals surface area contributed by atoms with Gasteiger partial charge < -0.3 is 20.1 Å². The number of anilines is 1. The van der Waals surface area contributed by atoms with Crippen LogP contribution in [0, 0.1) is 0 Å². The molecule has 9 nitrogen and oxygen atoms in total. The number of likely N-dealkylation sites (N-methyl/N-ethyl adjacent to an activating group) is 1. The Morgan fingerprint density at radius 3 is 2.32 bits per heavy atom. The van der Waals surface area contributed by atoms with Crippen molar-refractivity contribution in [3.8, 4) is 11.5 Å². The predicted octanol–water partition coefficient (Wildman–Crippen LogP) is 1.82. The Labute approximate surface area is 204 Å². The van der Waals surface area contributed by atoms with Crippen molar-refractivity contribution in [2.24, 2.45) is 17.2 Å². The second-order valence-electron chi connectivity index (χ2n) is 10.2. The summed E-state index contributed by atoms with van der Waals surface area (Å²) in [4.78, 5) is 9.27. The summed E-state index contributed by atoms with van der Waals surface area (Å²) in [6.45, 7) is 6.41. The molecule has 1 saturated carbocycles. The molecule has 190 valence electrons. The number of nitrogens with zero attached hydrogens (tertiary/aromatic N) is 4. The minimum absolute atomic E-state index is 0.305. The Balaban J connectivity index is 1.47. The number of rotatable bonds is 5. The summed E-state index contributed by atoms with van der Waals surface area (Å²) in [5, 5.41) is 0. The molecular formula is C25H43N7O2. The molecule has 0 bridgehead atoms. The molecule has 1 aromatic rings. The van der Waals surface area contributed by atoms with Gasteiger partial charge in [-0.15, -0.1) is 0 Å².